The highest BCUT2D eigenvalue weighted by Crippen LogP contribution is 2.13. The Morgan fingerprint density at radius 2 is 1.00 bits per heavy atom. The first kappa shape index (κ1) is 42.6. The number of nitrogens with two attached hydrogens (primary N) is 1. The molecule has 6 amide bonds. The molecule has 0 aromatic heterocycles. The fraction of sp³-hybridized carbons (Fsp3) is 0.382. The van der Waals surface area contributed by atoms with Crippen LogP contribution in [-0.4, -0.2) is 104 Å². The van der Waals surface area contributed by atoms with Gasteiger partial charge in [0.1, 0.15) is 29.9 Å². The summed E-state index contributed by atoms with van der Waals surface area (Å²) in [4.78, 5) is 110. The number of carboxylic acids is 3. The van der Waals surface area contributed by atoms with Crippen LogP contribution in [0.3, 0.4) is 0 Å². The zero-order valence-electron chi connectivity index (χ0n) is 28.4. The van der Waals surface area contributed by atoms with E-state index in [2.05, 4.69) is 26.6 Å². The van der Waals surface area contributed by atoms with Gasteiger partial charge in [-0.25, -0.2) is 0 Å². The maximum Gasteiger partial charge on any atom is 0.303 e. The summed E-state index contributed by atoms with van der Waals surface area (Å²) < 4.78 is 0. The molecule has 11 N–H and O–H groups in total. The second-order valence-corrected chi connectivity index (χ2v) is 11.8. The number of carboxylic acid groups (broad SMARTS) is 3. The average molecular weight is 743 g/mol. The fourth-order valence-electron chi connectivity index (χ4n) is 4.79. The SMILES string of the molecule is NC(=O)[C@H](CCC(=O)O)NC(=O)[C@H](Cc1ccccc1)NC(=O)[C@H](Cc1ccc(O)cc1)NC(=O)CNC(=O)[C@H](CCC(=O)O)NC(=O)CCC(=O)O. The van der Waals surface area contributed by atoms with Gasteiger partial charge in [0.15, 0.2) is 0 Å². The number of phenolic OH excluding ortho intramolecular Hbond substituents is 1. The molecule has 0 radical (unpaired) electrons. The smallest absolute Gasteiger partial charge is 0.303 e. The fourth-order valence-corrected chi connectivity index (χ4v) is 4.79. The number of primary amides is 1. The predicted molar refractivity (Wildman–Crippen MR) is 182 cm³/mol. The Hall–Kier alpha value is -6.53. The van der Waals surface area contributed by atoms with Gasteiger partial charge in [-0.15, -0.1) is 0 Å². The number of hydrogen-bond donors (Lipinski definition) is 10. The second kappa shape index (κ2) is 21.6. The summed E-state index contributed by atoms with van der Waals surface area (Å²) in [7, 11) is 0. The van der Waals surface area contributed by atoms with Crippen LogP contribution < -0.4 is 32.3 Å². The van der Waals surface area contributed by atoms with E-state index in [1.54, 1.807) is 30.3 Å². The number of aromatic hydroxyl groups is 1. The first-order valence-electron chi connectivity index (χ1n) is 16.3. The van der Waals surface area contributed by atoms with Crippen molar-refractivity contribution in [1.82, 2.24) is 26.6 Å². The van der Waals surface area contributed by atoms with Gasteiger partial charge < -0.3 is 52.7 Å². The minimum absolute atomic E-state index is 0.0829. The molecule has 0 spiro atoms. The van der Waals surface area contributed by atoms with Gasteiger partial charge in [-0.1, -0.05) is 42.5 Å². The maximum absolute atomic E-state index is 13.8. The highest BCUT2D eigenvalue weighted by molar-refractivity contribution is 5.96. The number of nitrogens with one attached hydrogen (secondary N) is 5. The van der Waals surface area contributed by atoms with Crippen molar-refractivity contribution in [1.29, 1.82) is 0 Å². The highest BCUT2D eigenvalue weighted by Gasteiger charge is 2.30. The first-order valence-corrected chi connectivity index (χ1v) is 16.3. The van der Waals surface area contributed by atoms with Crippen molar-refractivity contribution >= 4 is 53.4 Å². The molecule has 0 bridgehead atoms. The molecule has 0 aliphatic heterocycles. The standard InChI is InChI=1S/C34H42N6O13/c35-31(50)22(10-13-28(44)45)39-34(53)25(16-19-4-2-1-3-5-19)40-33(52)24(17-20-6-8-21(41)9-7-20)38-27(43)18-36-32(51)23(11-14-29(46)47)37-26(42)12-15-30(48)49/h1-9,22-25,41H,10-18H2,(H2,35,50)(H,36,51)(H,37,42)(H,38,43)(H,39,53)(H,40,52)(H,44,45)(H,46,47)(H,48,49)/t22-,23-,24-,25-/m0/s1. The molecule has 4 atom stereocenters. The van der Waals surface area contributed by atoms with Crippen molar-refractivity contribution in [3.05, 3.63) is 65.7 Å². The molecule has 0 heterocycles. The molecule has 2 aromatic carbocycles. The minimum Gasteiger partial charge on any atom is -0.508 e. The zero-order chi connectivity index (χ0) is 39.5. The van der Waals surface area contributed by atoms with Gasteiger partial charge in [-0.3, -0.25) is 43.2 Å². The number of phenols is 1. The minimum atomic E-state index is -1.44. The maximum atomic E-state index is 13.8. The van der Waals surface area contributed by atoms with Crippen LogP contribution in [-0.2, 0) is 56.0 Å². The number of benzene rings is 2. The zero-order valence-corrected chi connectivity index (χ0v) is 28.4. The van der Waals surface area contributed by atoms with Crippen LogP contribution in [0.2, 0.25) is 0 Å². The predicted octanol–water partition coefficient (Wildman–Crippen LogP) is -1.69. The molecule has 2 aromatic rings. The molecular formula is C34H42N6O13. The quantitative estimate of drug-likeness (QED) is 0.0609. The van der Waals surface area contributed by atoms with Gasteiger partial charge in [-0.05, 0) is 36.1 Å². The van der Waals surface area contributed by atoms with Crippen LogP contribution in [0.1, 0.15) is 49.7 Å². The molecule has 286 valence electrons. The summed E-state index contributed by atoms with van der Waals surface area (Å²) in [5.41, 5.74) is 6.42. The summed E-state index contributed by atoms with van der Waals surface area (Å²) >= 11 is 0. The lowest BCUT2D eigenvalue weighted by Gasteiger charge is -2.25. The van der Waals surface area contributed by atoms with E-state index in [-0.39, 0.29) is 31.4 Å². The van der Waals surface area contributed by atoms with Gasteiger partial charge in [-0.2, -0.15) is 0 Å². The van der Waals surface area contributed by atoms with Gasteiger partial charge in [0.05, 0.1) is 13.0 Å². The molecule has 0 aliphatic carbocycles. The third kappa shape index (κ3) is 16.8. The van der Waals surface area contributed by atoms with Crippen molar-refractivity contribution in [2.24, 2.45) is 5.73 Å². The van der Waals surface area contributed by atoms with Crippen LogP contribution in [0.5, 0.6) is 5.75 Å². The Labute approximate surface area is 302 Å². The van der Waals surface area contributed by atoms with E-state index in [9.17, 15) is 48.3 Å². The van der Waals surface area contributed by atoms with E-state index >= 15 is 0 Å². The summed E-state index contributed by atoms with van der Waals surface area (Å²) in [6.07, 6.45) is -3.06. The van der Waals surface area contributed by atoms with Gasteiger partial charge in [0.25, 0.3) is 0 Å². The van der Waals surface area contributed by atoms with Crippen LogP contribution in [0.15, 0.2) is 54.6 Å². The van der Waals surface area contributed by atoms with Crippen LogP contribution in [0, 0.1) is 0 Å². The lowest BCUT2D eigenvalue weighted by molar-refractivity contribution is -0.139. The third-order valence-corrected chi connectivity index (χ3v) is 7.54. The van der Waals surface area contributed by atoms with E-state index < -0.39 is 110 Å². The molecule has 0 saturated heterocycles. The monoisotopic (exact) mass is 742 g/mol. The molecule has 2 rings (SSSR count). The van der Waals surface area contributed by atoms with Crippen molar-refractivity contribution < 1.29 is 63.6 Å². The molecule has 0 aliphatic rings. The number of carbonyl (C=O) groups excluding carboxylic acids is 6. The Morgan fingerprint density at radius 3 is 1.53 bits per heavy atom. The molecule has 0 unspecified atom stereocenters. The van der Waals surface area contributed by atoms with Gasteiger partial charge >= 0.3 is 17.9 Å². The molecule has 19 heteroatoms. The van der Waals surface area contributed by atoms with Crippen molar-refractivity contribution in [3.8, 4) is 5.75 Å². The summed E-state index contributed by atoms with van der Waals surface area (Å²) in [6, 6.07) is 8.43. The van der Waals surface area contributed by atoms with Gasteiger partial charge in [0, 0.05) is 32.1 Å². The van der Waals surface area contributed by atoms with Crippen molar-refractivity contribution in [3.63, 3.8) is 0 Å². The number of rotatable bonds is 23. The highest BCUT2D eigenvalue weighted by atomic mass is 16.4. The number of carbonyl (C=O) groups is 9. The Morgan fingerprint density at radius 1 is 0.528 bits per heavy atom. The lowest BCUT2D eigenvalue weighted by atomic mass is 10.0. The Kier molecular flexibility index (Phi) is 17.4. The van der Waals surface area contributed by atoms with Crippen molar-refractivity contribution in [2.45, 2.75) is 75.5 Å². The Balaban J connectivity index is 2.27. The number of hydrogen-bond acceptors (Lipinski definition) is 10. The lowest BCUT2D eigenvalue weighted by Crippen LogP contribution is -2.58. The van der Waals surface area contributed by atoms with E-state index in [4.69, 9.17) is 21.1 Å². The van der Waals surface area contributed by atoms with Crippen molar-refractivity contribution in [2.75, 3.05) is 6.54 Å². The summed E-state index contributed by atoms with van der Waals surface area (Å²) in [5, 5.41) is 48.4. The Bertz CT molecular complexity index is 1640. The molecule has 19 nitrogen and oxygen atoms in total. The molecule has 0 fully saturated rings. The summed E-state index contributed by atoms with van der Waals surface area (Å²) in [6.45, 7) is -0.759. The third-order valence-electron chi connectivity index (χ3n) is 7.54. The first-order chi connectivity index (χ1) is 25.0. The van der Waals surface area contributed by atoms with Crippen LogP contribution in [0.25, 0.3) is 0 Å². The van der Waals surface area contributed by atoms with Crippen LogP contribution >= 0.6 is 0 Å². The average Bonchev–Trinajstić information content (AvgIpc) is 3.10. The summed E-state index contributed by atoms with van der Waals surface area (Å²) in [5.74, 6) is -9.37. The number of amides is 6. The van der Waals surface area contributed by atoms with E-state index in [0.29, 0.717) is 11.1 Å². The topological polar surface area (TPSA) is 321 Å². The molecule has 53 heavy (non-hydrogen) atoms. The van der Waals surface area contributed by atoms with Gasteiger partial charge in [0.2, 0.25) is 35.4 Å². The molecule has 0 saturated carbocycles. The van der Waals surface area contributed by atoms with E-state index in [1.165, 1.54) is 24.3 Å². The molecular weight excluding hydrogens is 700 g/mol. The van der Waals surface area contributed by atoms with E-state index in [1.807, 2.05) is 0 Å². The van der Waals surface area contributed by atoms with E-state index in [0.717, 1.165) is 0 Å². The van der Waals surface area contributed by atoms with Crippen LogP contribution in [0.4, 0.5) is 0 Å². The normalized spacial score (nSPS) is 12.8. The largest absolute Gasteiger partial charge is 0.508 e. The number of aliphatic carboxylic acids is 3. The second-order valence-electron chi connectivity index (χ2n) is 11.8.